The second-order valence-corrected chi connectivity index (χ2v) is 8.84. The first-order valence-electron chi connectivity index (χ1n) is 11.2. The summed E-state index contributed by atoms with van der Waals surface area (Å²) in [6, 6.07) is 14.4. The molecule has 180 valence electrons. The molecule has 0 saturated heterocycles. The molecule has 1 aromatic heterocycles. The highest BCUT2D eigenvalue weighted by Crippen LogP contribution is 2.35. The number of nitrogens with one attached hydrogen (secondary N) is 3. The Bertz CT molecular complexity index is 1320. The highest BCUT2D eigenvalue weighted by Gasteiger charge is 2.28. The van der Waals surface area contributed by atoms with Gasteiger partial charge in [0.05, 0.1) is 26.3 Å². The number of carbonyl (C=O) groups is 3. The van der Waals surface area contributed by atoms with E-state index in [9.17, 15) is 14.4 Å². The second kappa shape index (κ2) is 9.47. The van der Waals surface area contributed by atoms with Gasteiger partial charge in [0.2, 0.25) is 0 Å². The van der Waals surface area contributed by atoms with Crippen LogP contribution < -0.4 is 16.4 Å². The average molecular weight is 475 g/mol. The van der Waals surface area contributed by atoms with Crippen LogP contribution in [0.5, 0.6) is 0 Å². The Labute approximate surface area is 203 Å². The van der Waals surface area contributed by atoms with Gasteiger partial charge in [0, 0.05) is 34.4 Å². The minimum Gasteiger partial charge on any atom is -0.420 e. The number of anilines is 2. The number of rotatable bonds is 6. The van der Waals surface area contributed by atoms with Crippen LogP contribution in [0.2, 0.25) is 0 Å². The van der Waals surface area contributed by atoms with E-state index >= 15 is 0 Å². The molecule has 35 heavy (non-hydrogen) atoms. The molecule has 0 saturated carbocycles. The molecule has 0 bridgehead atoms. The molecule has 0 unspecified atom stereocenters. The Balaban J connectivity index is 1.53. The number of aromatic nitrogens is 1. The molecule has 0 fully saturated rings. The lowest BCUT2D eigenvalue weighted by molar-refractivity contribution is -0.831. The number of H-pyrrole nitrogens is 1. The van der Waals surface area contributed by atoms with Crippen molar-refractivity contribution in [2.24, 2.45) is 5.73 Å². The molecule has 1 aliphatic heterocycles. The predicted molar refractivity (Wildman–Crippen MR) is 135 cm³/mol. The van der Waals surface area contributed by atoms with Crippen LogP contribution in [0.4, 0.5) is 21.0 Å². The quantitative estimate of drug-likeness (QED) is 0.312. The molecule has 9 heteroatoms. The fourth-order valence-corrected chi connectivity index (χ4v) is 3.99. The fraction of sp³-hybridized carbons (Fsp3) is 0.192. The van der Waals surface area contributed by atoms with Crippen molar-refractivity contribution >= 4 is 41.1 Å². The van der Waals surface area contributed by atoms with Gasteiger partial charge < -0.3 is 26.1 Å². The summed E-state index contributed by atoms with van der Waals surface area (Å²) in [5.74, 6) is -0.223. The zero-order valence-corrected chi connectivity index (χ0v) is 19.8. The number of hydrogen-bond acceptors (Lipinski definition) is 4. The zero-order valence-electron chi connectivity index (χ0n) is 19.8. The highest BCUT2D eigenvalue weighted by atomic mass is 16.6. The molecular weight excluding hydrogens is 446 g/mol. The van der Waals surface area contributed by atoms with Gasteiger partial charge in [-0.2, -0.15) is 4.79 Å². The van der Waals surface area contributed by atoms with E-state index in [0.717, 1.165) is 22.4 Å². The van der Waals surface area contributed by atoms with E-state index in [-0.39, 0.29) is 16.5 Å². The first kappa shape index (κ1) is 23.8. The topological polar surface area (TPSA) is 126 Å². The fourth-order valence-electron chi connectivity index (χ4n) is 3.99. The number of quaternary nitrogens is 1. The van der Waals surface area contributed by atoms with Gasteiger partial charge in [-0.1, -0.05) is 24.3 Å². The number of hydrogen-bond donors (Lipinski definition) is 4. The first-order chi connectivity index (χ1) is 16.7. The maximum Gasteiger partial charge on any atom is 0.515 e. The molecule has 5 N–H and O–H groups in total. The summed E-state index contributed by atoms with van der Waals surface area (Å²) >= 11 is 0. The van der Waals surface area contributed by atoms with Gasteiger partial charge in [-0.3, -0.25) is 4.79 Å². The van der Waals surface area contributed by atoms with Crippen molar-refractivity contribution in [3.8, 4) is 11.1 Å². The van der Waals surface area contributed by atoms with Crippen molar-refractivity contribution in [2.75, 3.05) is 31.3 Å². The maximum atomic E-state index is 12.5. The van der Waals surface area contributed by atoms with Gasteiger partial charge in [-0.05, 0) is 48.4 Å². The zero-order chi connectivity index (χ0) is 25.2. The summed E-state index contributed by atoms with van der Waals surface area (Å²) < 4.78 is 5.26. The van der Waals surface area contributed by atoms with Crippen LogP contribution in [0, 0.1) is 0 Å². The average Bonchev–Trinajstić information content (AvgIpc) is 3.39. The molecule has 0 spiro atoms. The number of primary amides is 1. The van der Waals surface area contributed by atoms with Crippen molar-refractivity contribution < 1.29 is 23.6 Å². The van der Waals surface area contributed by atoms with Gasteiger partial charge >= 0.3 is 12.1 Å². The third kappa shape index (κ3) is 5.25. The van der Waals surface area contributed by atoms with E-state index in [2.05, 4.69) is 15.6 Å². The third-order valence-corrected chi connectivity index (χ3v) is 5.70. The Morgan fingerprint density at radius 1 is 1.09 bits per heavy atom. The number of aromatic amines is 1. The van der Waals surface area contributed by atoms with Crippen LogP contribution in [-0.4, -0.2) is 48.2 Å². The number of urea groups is 1. The number of carbonyl (C=O) groups excluding carboxylic acids is 3. The SMILES string of the molecule is CCOC(=O)[N+](C)(C)Cc1ccc(-c2c[nH]c(C=C3C(=O)Nc4ccc(NC(N)=O)cc43)c2)cc1. The standard InChI is InChI=1S/C26H27N5O4/c1-4-35-26(34)31(2,3)15-16-5-7-17(8-6-16)18-11-20(28-14-18)13-22-21-12-19(29-25(27)33)9-10-23(21)30-24(22)32/h5-14H,4,15H2,1-3H3,(H4-,27,28,29,30,32,33)/p+1. The van der Waals surface area contributed by atoms with Crippen LogP contribution in [0.1, 0.15) is 23.7 Å². The summed E-state index contributed by atoms with van der Waals surface area (Å²) in [6.45, 7) is 2.67. The van der Waals surface area contributed by atoms with Crippen molar-refractivity contribution in [3.05, 3.63) is 71.5 Å². The van der Waals surface area contributed by atoms with Gasteiger partial charge in [-0.25, -0.2) is 9.28 Å². The molecule has 4 rings (SSSR count). The molecule has 0 aliphatic carbocycles. The number of amides is 4. The highest BCUT2D eigenvalue weighted by molar-refractivity contribution is 6.35. The number of fused-ring (bicyclic) bond motifs is 1. The molecular formula is C26H28N5O4+. The summed E-state index contributed by atoms with van der Waals surface area (Å²) in [7, 11) is 3.64. The largest absolute Gasteiger partial charge is 0.515 e. The van der Waals surface area contributed by atoms with E-state index in [0.29, 0.717) is 35.7 Å². The minimum atomic E-state index is -0.670. The second-order valence-electron chi connectivity index (χ2n) is 8.84. The molecule has 2 aromatic carbocycles. The van der Waals surface area contributed by atoms with E-state index in [1.807, 2.05) is 50.6 Å². The lowest BCUT2D eigenvalue weighted by atomic mass is 10.0. The van der Waals surface area contributed by atoms with Gasteiger partial charge in [0.15, 0.2) is 0 Å². The van der Waals surface area contributed by atoms with E-state index in [1.165, 1.54) is 0 Å². The van der Waals surface area contributed by atoms with Crippen molar-refractivity contribution in [2.45, 2.75) is 13.5 Å². The third-order valence-electron chi connectivity index (χ3n) is 5.70. The summed E-state index contributed by atoms with van der Waals surface area (Å²) in [4.78, 5) is 39.1. The summed E-state index contributed by atoms with van der Waals surface area (Å²) in [6.07, 6.45) is 3.38. The number of nitrogens with two attached hydrogens (primary N) is 1. The van der Waals surface area contributed by atoms with Gasteiger partial charge in [-0.15, -0.1) is 0 Å². The van der Waals surface area contributed by atoms with Crippen LogP contribution in [0.25, 0.3) is 22.8 Å². The van der Waals surface area contributed by atoms with Crippen molar-refractivity contribution in [1.29, 1.82) is 0 Å². The predicted octanol–water partition coefficient (Wildman–Crippen LogP) is 4.40. The normalized spacial score (nSPS) is 13.9. The summed E-state index contributed by atoms with van der Waals surface area (Å²) in [5, 5.41) is 5.36. The van der Waals surface area contributed by atoms with Crippen LogP contribution >= 0.6 is 0 Å². The molecule has 0 atom stereocenters. The van der Waals surface area contributed by atoms with Crippen molar-refractivity contribution in [1.82, 2.24) is 4.98 Å². The number of nitrogens with zero attached hydrogens (tertiary/aromatic N) is 1. The van der Waals surface area contributed by atoms with E-state index < -0.39 is 6.03 Å². The summed E-state index contributed by atoms with van der Waals surface area (Å²) in [5.41, 5.74) is 11.3. The van der Waals surface area contributed by atoms with Gasteiger partial charge in [0.1, 0.15) is 6.54 Å². The lowest BCUT2D eigenvalue weighted by Gasteiger charge is -2.25. The monoisotopic (exact) mass is 474 g/mol. The Morgan fingerprint density at radius 3 is 2.51 bits per heavy atom. The smallest absolute Gasteiger partial charge is 0.420 e. The number of ether oxygens (including phenoxy) is 1. The molecule has 1 aliphatic rings. The van der Waals surface area contributed by atoms with Crippen LogP contribution in [-0.2, 0) is 16.1 Å². The maximum absolute atomic E-state index is 12.5. The van der Waals surface area contributed by atoms with E-state index in [1.54, 1.807) is 31.2 Å². The van der Waals surface area contributed by atoms with Crippen LogP contribution in [0.3, 0.4) is 0 Å². The molecule has 2 heterocycles. The molecule has 3 aromatic rings. The number of benzene rings is 2. The lowest BCUT2D eigenvalue weighted by Crippen LogP contribution is -2.45. The van der Waals surface area contributed by atoms with E-state index in [4.69, 9.17) is 10.5 Å². The minimum absolute atomic E-state index is 0.106. The Morgan fingerprint density at radius 2 is 1.83 bits per heavy atom. The first-order valence-corrected chi connectivity index (χ1v) is 11.2. The molecule has 4 amide bonds. The van der Waals surface area contributed by atoms with Crippen molar-refractivity contribution in [3.63, 3.8) is 0 Å². The Kier molecular flexibility index (Phi) is 6.44. The Hall–Kier alpha value is -4.37. The molecule has 0 radical (unpaired) electrons. The molecule has 9 nitrogen and oxygen atoms in total. The van der Waals surface area contributed by atoms with Gasteiger partial charge in [0.25, 0.3) is 5.91 Å². The van der Waals surface area contributed by atoms with Crippen LogP contribution in [0.15, 0.2) is 54.7 Å².